The Morgan fingerprint density at radius 2 is 1.60 bits per heavy atom. The fraction of sp³-hybridized carbons (Fsp3) is 0.613. The van der Waals surface area contributed by atoms with Gasteiger partial charge in [0.2, 0.25) is 11.6 Å². The number of aromatic amines is 1. The third kappa shape index (κ3) is 4.52. The summed E-state index contributed by atoms with van der Waals surface area (Å²) >= 11 is 0. The first-order valence-electron chi connectivity index (χ1n) is 15.2. The van der Waals surface area contributed by atoms with Crippen LogP contribution in [0, 0.1) is 17.8 Å². The summed E-state index contributed by atoms with van der Waals surface area (Å²) in [4.78, 5) is 48.7. The highest BCUT2D eigenvalue weighted by Crippen LogP contribution is 2.45. The first kappa shape index (κ1) is 25.7. The Kier molecular flexibility index (Phi) is 6.65. The normalized spacial score (nSPS) is 30.3. The number of hydrogen-bond acceptors (Lipinski definition) is 6. The number of piperidine rings is 2. The topological polar surface area (TPSA) is 102 Å². The Labute approximate surface area is 233 Å². The number of H-pyrrole nitrogens is 1. The second kappa shape index (κ2) is 10.3. The molecule has 4 bridgehead atoms. The molecule has 7 rings (SSSR count). The van der Waals surface area contributed by atoms with Crippen molar-refractivity contribution in [2.45, 2.75) is 88.8 Å². The molecule has 2 unspecified atom stereocenters. The molecule has 0 radical (unpaired) electrons. The van der Waals surface area contributed by atoms with Gasteiger partial charge in [-0.2, -0.15) is 0 Å². The smallest absolute Gasteiger partial charge is 0.334 e. The first-order valence-corrected chi connectivity index (χ1v) is 15.2. The van der Waals surface area contributed by atoms with E-state index in [-0.39, 0.29) is 23.2 Å². The number of nitrogens with zero attached hydrogens (tertiary/aromatic N) is 4. The van der Waals surface area contributed by atoms with Crippen LogP contribution in [-0.2, 0) is 0 Å². The van der Waals surface area contributed by atoms with Gasteiger partial charge in [-0.3, -0.25) is 19.5 Å². The van der Waals surface area contributed by atoms with Crippen LogP contribution in [0.3, 0.4) is 0 Å². The monoisotopic (exact) mass is 545 g/mol. The minimum absolute atomic E-state index is 0.0143. The summed E-state index contributed by atoms with van der Waals surface area (Å²) in [5, 5.41) is 0. The van der Waals surface area contributed by atoms with Gasteiger partial charge in [0.15, 0.2) is 0 Å². The molecule has 4 heterocycles. The summed E-state index contributed by atoms with van der Waals surface area (Å²) in [5.74, 6) is 2.62. The zero-order chi connectivity index (χ0) is 27.4. The van der Waals surface area contributed by atoms with Gasteiger partial charge in [-0.15, -0.1) is 0 Å². The van der Waals surface area contributed by atoms with Gasteiger partial charge in [0.25, 0.3) is 11.1 Å². The van der Waals surface area contributed by atoms with Gasteiger partial charge in [-0.25, -0.2) is 14.3 Å². The number of hydrogen-bond donors (Lipinski definition) is 1. The van der Waals surface area contributed by atoms with Gasteiger partial charge < -0.3 is 9.30 Å². The molecule has 6 atom stereocenters. The Bertz CT molecular complexity index is 1570. The van der Waals surface area contributed by atoms with E-state index in [0.717, 1.165) is 40.7 Å². The molecule has 4 aliphatic rings. The van der Waals surface area contributed by atoms with Crippen molar-refractivity contribution in [2.24, 2.45) is 17.8 Å². The first-order chi connectivity index (χ1) is 19.5. The third-order valence-electron chi connectivity index (χ3n) is 10.3. The van der Waals surface area contributed by atoms with E-state index >= 15 is 0 Å². The maximum absolute atomic E-state index is 14.1. The second-order valence-electron chi connectivity index (χ2n) is 12.7. The van der Waals surface area contributed by atoms with Crippen molar-refractivity contribution < 1.29 is 4.74 Å². The van der Waals surface area contributed by atoms with E-state index in [0.29, 0.717) is 17.6 Å². The number of para-hydroxylation sites is 2. The van der Waals surface area contributed by atoms with Crippen LogP contribution in [0.1, 0.15) is 76.7 Å². The number of aromatic nitrogens is 4. The van der Waals surface area contributed by atoms with Crippen LogP contribution >= 0.6 is 0 Å². The molecule has 212 valence electrons. The number of fused-ring (bicyclic) bond motifs is 5. The van der Waals surface area contributed by atoms with Crippen LogP contribution in [-0.4, -0.2) is 49.7 Å². The molecule has 1 aromatic carbocycles. The van der Waals surface area contributed by atoms with Crippen molar-refractivity contribution in [1.29, 1.82) is 0 Å². The van der Waals surface area contributed by atoms with Crippen molar-refractivity contribution in [1.82, 2.24) is 24.0 Å². The van der Waals surface area contributed by atoms with Gasteiger partial charge in [0.05, 0.1) is 24.3 Å². The maximum atomic E-state index is 14.1. The molecule has 3 aromatic rings. The molecular weight excluding hydrogens is 506 g/mol. The highest BCUT2D eigenvalue weighted by atomic mass is 16.5. The van der Waals surface area contributed by atoms with E-state index in [9.17, 15) is 14.4 Å². The fourth-order valence-corrected chi connectivity index (χ4v) is 8.69. The number of methoxy groups -OCH3 is 1. The van der Waals surface area contributed by atoms with Crippen molar-refractivity contribution >= 4 is 11.0 Å². The lowest BCUT2D eigenvalue weighted by Gasteiger charge is -2.51. The van der Waals surface area contributed by atoms with E-state index < -0.39 is 11.2 Å². The lowest BCUT2D eigenvalue weighted by Crippen LogP contribution is -2.55. The van der Waals surface area contributed by atoms with Gasteiger partial charge >= 0.3 is 5.69 Å². The SMILES string of the molecule is COc1cn(-c2nc3ccccc3n(C3C[C@H]4CCC[C@@H](C3)N4CC3C[C@H]4CCC[C@@H](C3)C4)c2=O)c(=O)[nH]c1=O. The Balaban J connectivity index is 1.24. The summed E-state index contributed by atoms with van der Waals surface area (Å²) in [6.07, 6.45) is 15.2. The van der Waals surface area contributed by atoms with Crippen molar-refractivity contribution in [2.75, 3.05) is 13.7 Å². The highest BCUT2D eigenvalue weighted by molar-refractivity contribution is 5.75. The molecule has 9 nitrogen and oxygen atoms in total. The standard InChI is InChI=1S/C31H39N5O4/c1-40-27-18-35(31(39)33-29(27)37)28-30(38)36(26-11-3-2-10-25(26)32-28)24-15-22-8-5-9-23(16-24)34(22)17-21-13-19-6-4-7-20(12-19)14-21/h2-3,10-11,18-24H,4-9,12-17H2,1H3,(H,33,37,39)/t19-,20+,21?,22-,23+,24?. The highest BCUT2D eigenvalue weighted by Gasteiger charge is 2.42. The molecule has 1 N–H and O–H groups in total. The average Bonchev–Trinajstić information content (AvgIpc) is 2.93. The van der Waals surface area contributed by atoms with Crippen LogP contribution in [0.2, 0.25) is 0 Å². The van der Waals surface area contributed by atoms with Crippen LogP contribution in [0.4, 0.5) is 0 Å². The van der Waals surface area contributed by atoms with E-state index in [1.54, 1.807) is 0 Å². The van der Waals surface area contributed by atoms with Crippen molar-refractivity contribution in [3.05, 3.63) is 61.7 Å². The average molecular weight is 546 g/mol. The predicted molar refractivity (Wildman–Crippen MR) is 153 cm³/mol. The minimum Gasteiger partial charge on any atom is -0.490 e. The summed E-state index contributed by atoms with van der Waals surface area (Å²) in [6, 6.07) is 8.61. The fourth-order valence-electron chi connectivity index (χ4n) is 8.69. The Hall–Kier alpha value is -3.20. The molecule has 2 saturated carbocycles. The molecule has 2 saturated heterocycles. The summed E-state index contributed by atoms with van der Waals surface area (Å²) in [7, 11) is 1.36. The van der Waals surface area contributed by atoms with E-state index in [1.165, 1.54) is 77.6 Å². The molecule has 0 amide bonds. The largest absolute Gasteiger partial charge is 0.490 e. The summed E-state index contributed by atoms with van der Waals surface area (Å²) in [6.45, 7) is 1.21. The second-order valence-corrected chi connectivity index (χ2v) is 12.7. The van der Waals surface area contributed by atoms with Crippen LogP contribution in [0.25, 0.3) is 16.9 Å². The molecule has 9 heteroatoms. The Morgan fingerprint density at radius 3 is 2.33 bits per heavy atom. The number of ether oxygens (including phenoxy) is 1. The van der Waals surface area contributed by atoms with E-state index in [2.05, 4.69) is 14.9 Å². The Morgan fingerprint density at radius 1 is 0.900 bits per heavy atom. The number of nitrogens with one attached hydrogen (secondary N) is 1. The van der Waals surface area contributed by atoms with Gasteiger partial charge in [-0.1, -0.05) is 37.8 Å². The molecule has 2 aliphatic heterocycles. The molecule has 4 fully saturated rings. The lowest BCUT2D eigenvalue weighted by molar-refractivity contribution is -0.00939. The van der Waals surface area contributed by atoms with E-state index in [1.807, 2.05) is 28.8 Å². The molecule has 40 heavy (non-hydrogen) atoms. The van der Waals surface area contributed by atoms with E-state index in [4.69, 9.17) is 4.74 Å². The van der Waals surface area contributed by atoms with Gasteiger partial charge in [0.1, 0.15) is 0 Å². The summed E-state index contributed by atoms with van der Waals surface area (Å²) in [5.41, 5.74) is -0.216. The quantitative estimate of drug-likeness (QED) is 0.520. The predicted octanol–water partition coefficient (Wildman–Crippen LogP) is 4.02. The van der Waals surface area contributed by atoms with Crippen LogP contribution < -0.4 is 21.5 Å². The number of benzene rings is 1. The lowest BCUT2D eigenvalue weighted by atomic mass is 9.67. The zero-order valence-corrected chi connectivity index (χ0v) is 23.3. The molecular formula is C31H39N5O4. The van der Waals surface area contributed by atoms with Crippen molar-refractivity contribution in [3.63, 3.8) is 0 Å². The number of rotatable bonds is 5. The zero-order valence-electron chi connectivity index (χ0n) is 23.3. The minimum atomic E-state index is -0.707. The van der Waals surface area contributed by atoms with Gasteiger partial charge in [0, 0.05) is 24.7 Å². The van der Waals surface area contributed by atoms with Gasteiger partial charge in [-0.05, 0) is 74.8 Å². The maximum Gasteiger partial charge on any atom is 0.334 e. The molecule has 2 aliphatic carbocycles. The summed E-state index contributed by atoms with van der Waals surface area (Å²) < 4.78 is 8.14. The van der Waals surface area contributed by atoms with Crippen molar-refractivity contribution in [3.8, 4) is 11.6 Å². The molecule has 0 spiro atoms. The van der Waals surface area contributed by atoms with Crippen LogP contribution in [0.5, 0.6) is 5.75 Å². The molecule has 2 aromatic heterocycles. The third-order valence-corrected chi connectivity index (χ3v) is 10.3. The van der Waals surface area contributed by atoms with Crippen LogP contribution in [0.15, 0.2) is 44.8 Å².